The van der Waals surface area contributed by atoms with Crippen molar-refractivity contribution in [3.63, 3.8) is 0 Å². The first kappa shape index (κ1) is 22.4. The van der Waals surface area contributed by atoms with Crippen LogP contribution in [0.5, 0.6) is 11.5 Å². The third kappa shape index (κ3) is 3.30. The van der Waals surface area contributed by atoms with E-state index in [9.17, 15) is 15.3 Å². The molecule has 4 rings (SSSR count). The van der Waals surface area contributed by atoms with Gasteiger partial charge in [-0.25, -0.2) is 0 Å². The van der Waals surface area contributed by atoms with Crippen LogP contribution >= 0.6 is 0 Å². The van der Waals surface area contributed by atoms with Crippen LogP contribution in [0.2, 0.25) is 0 Å². The number of aliphatic hydroxyl groups excluding tert-OH is 1. The fraction of sp³-hybridized carbons (Fsp3) is 0.357. The molecule has 0 fully saturated rings. The lowest BCUT2D eigenvalue weighted by Gasteiger charge is -2.35. The van der Waals surface area contributed by atoms with Crippen LogP contribution in [0.4, 0.5) is 0 Å². The SMILES string of the molecule is Cc1cc(O)c(C(C)C)cc1C1(c2cc(C(C)C)c(O)cc2C)O[C@H](O)c2ccccc21. The minimum Gasteiger partial charge on any atom is -0.508 e. The highest BCUT2D eigenvalue weighted by molar-refractivity contribution is 5.61. The molecule has 0 amide bonds. The molecular formula is C28H32O4. The van der Waals surface area contributed by atoms with Gasteiger partial charge in [-0.1, -0.05) is 52.0 Å². The fourth-order valence-electron chi connectivity index (χ4n) is 4.99. The van der Waals surface area contributed by atoms with Crippen LogP contribution in [-0.2, 0) is 10.3 Å². The van der Waals surface area contributed by atoms with Gasteiger partial charge in [-0.15, -0.1) is 0 Å². The van der Waals surface area contributed by atoms with E-state index in [1.165, 1.54) is 0 Å². The molecule has 0 spiro atoms. The van der Waals surface area contributed by atoms with Crippen LogP contribution in [0.3, 0.4) is 0 Å². The molecule has 0 radical (unpaired) electrons. The number of phenols is 2. The van der Waals surface area contributed by atoms with Crippen LogP contribution < -0.4 is 0 Å². The van der Waals surface area contributed by atoms with Crippen molar-refractivity contribution in [1.29, 1.82) is 0 Å². The summed E-state index contributed by atoms with van der Waals surface area (Å²) in [6.45, 7) is 12.1. The summed E-state index contributed by atoms with van der Waals surface area (Å²) in [6, 6.07) is 15.3. The van der Waals surface area contributed by atoms with Gasteiger partial charge in [0.05, 0.1) is 0 Å². The van der Waals surface area contributed by atoms with Crippen molar-refractivity contribution in [3.8, 4) is 11.5 Å². The smallest absolute Gasteiger partial charge is 0.183 e. The summed E-state index contributed by atoms with van der Waals surface area (Å²) in [4.78, 5) is 0. The molecule has 3 aromatic carbocycles. The fourth-order valence-corrected chi connectivity index (χ4v) is 4.99. The zero-order valence-electron chi connectivity index (χ0n) is 19.6. The number of benzene rings is 3. The van der Waals surface area contributed by atoms with Crippen molar-refractivity contribution in [2.45, 2.75) is 65.3 Å². The quantitative estimate of drug-likeness (QED) is 0.454. The Labute approximate surface area is 190 Å². The molecule has 0 unspecified atom stereocenters. The molecule has 168 valence electrons. The second kappa shape index (κ2) is 7.95. The van der Waals surface area contributed by atoms with E-state index in [0.717, 1.165) is 44.5 Å². The van der Waals surface area contributed by atoms with Crippen molar-refractivity contribution >= 4 is 0 Å². The Bertz CT molecular complexity index is 1110. The van der Waals surface area contributed by atoms with Crippen molar-refractivity contribution < 1.29 is 20.1 Å². The second-order valence-electron chi connectivity index (χ2n) is 9.50. The Balaban J connectivity index is 2.14. The molecule has 3 N–H and O–H groups in total. The van der Waals surface area contributed by atoms with E-state index in [1.807, 2.05) is 77.9 Å². The molecule has 0 saturated heterocycles. The summed E-state index contributed by atoms with van der Waals surface area (Å²) in [5.41, 5.74) is 5.69. The van der Waals surface area contributed by atoms with E-state index in [-0.39, 0.29) is 23.3 Å². The maximum absolute atomic E-state index is 11.0. The predicted molar refractivity (Wildman–Crippen MR) is 126 cm³/mol. The minimum absolute atomic E-state index is 0.111. The molecule has 1 heterocycles. The maximum Gasteiger partial charge on any atom is 0.183 e. The van der Waals surface area contributed by atoms with Gasteiger partial charge in [0.15, 0.2) is 6.29 Å². The molecule has 0 aliphatic carbocycles. The Kier molecular flexibility index (Phi) is 5.56. The molecule has 4 heteroatoms. The van der Waals surface area contributed by atoms with Gasteiger partial charge in [-0.05, 0) is 83.3 Å². The average Bonchev–Trinajstić information content (AvgIpc) is 3.01. The van der Waals surface area contributed by atoms with Gasteiger partial charge in [-0.3, -0.25) is 0 Å². The highest BCUT2D eigenvalue weighted by atomic mass is 16.6. The number of hydrogen-bond acceptors (Lipinski definition) is 4. The molecule has 0 aromatic heterocycles. The molecule has 1 atom stereocenters. The summed E-state index contributed by atoms with van der Waals surface area (Å²) in [5.74, 6) is 0.738. The summed E-state index contributed by atoms with van der Waals surface area (Å²) < 4.78 is 6.49. The summed E-state index contributed by atoms with van der Waals surface area (Å²) in [5, 5.41) is 32.2. The molecule has 3 aromatic rings. The van der Waals surface area contributed by atoms with Gasteiger partial charge in [0.25, 0.3) is 0 Å². The molecule has 4 nitrogen and oxygen atoms in total. The third-order valence-corrected chi connectivity index (χ3v) is 6.64. The number of fused-ring (bicyclic) bond motifs is 1. The van der Waals surface area contributed by atoms with E-state index in [0.29, 0.717) is 0 Å². The molecule has 0 bridgehead atoms. The largest absolute Gasteiger partial charge is 0.508 e. The first-order valence-corrected chi connectivity index (χ1v) is 11.2. The number of phenolic OH excluding ortho intramolecular Hbond substituents is 2. The van der Waals surface area contributed by atoms with E-state index in [1.54, 1.807) is 12.1 Å². The first-order valence-electron chi connectivity index (χ1n) is 11.2. The van der Waals surface area contributed by atoms with E-state index in [4.69, 9.17) is 4.74 Å². The minimum atomic E-state index is -1.09. The lowest BCUT2D eigenvalue weighted by molar-refractivity contribution is -0.140. The Hall–Kier alpha value is -2.82. The van der Waals surface area contributed by atoms with E-state index in [2.05, 4.69) is 0 Å². The zero-order valence-corrected chi connectivity index (χ0v) is 19.6. The highest BCUT2D eigenvalue weighted by Crippen LogP contribution is 2.54. The number of ether oxygens (including phenoxy) is 1. The monoisotopic (exact) mass is 432 g/mol. The van der Waals surface area contributed by atoms with Gasteiger partial charge in [0.1, 0.15) is 17.1 Å². The van der Waals surface area contributed by atoms with Crippen LogP contribution in [0, 0.1) is 13.8 Å². The van der Waals surface area contributed by atoms with E-state index >= 15 is 0 Å². The zero-order chi connectivity index (χ0) is 23.4. The van der Waals surface area contributed by atoms with Crippen LogP contribution in [0.25, 0.3) is 0 Å². The molecule has 1 aliphatic rings. The molecule has 32 heavy (non-hydrogen) atoms. The summed E-state index contributed by atoms with van der Waals surface area (Å²) >= 11 is 0. The van der Waals surface area contributed by atoms with Crippen LogP contribution in [0.15, 0.2) is 48.5 Å². The lowest BCUT2D eigenvalue weighted by Crippen LogP contribution is -2.31. The number of rotatable bonds is 4. The summed E-state index contributed by atoms with van der Waals surface area (Å²) in [6.07, 6.45) is -1.09. The Morgan fingerprint density at radius 3 is 1.69 bits per heavy atom. The number of aromatic hydroxyl groups is 2. The van der Waals surface area contributed by atoms with Crippen molar-refractivity contribution in [3.05, 3.63) is 93.0 Å². The van der Waals surface area contributed by atoms with Crippen molar-refractivity contribution in [2.75, 3.05) is 0 Å². The highest BCUT2D eigenvalue weighted by Gasteiger charge is 2.49. The normalized spacial score (nSPS) is 17.2. The molecule has 0 saturated carbocycles. The van der Waals surface area contributed by atoms with E-state index < -0.39 is 11.9 Å². The van der Waals surface area contributed by atoms with Gasteiger partial charge < -0.3 is 20.1 Å². The van der Waals surface area contributed by atoms with Gasteiger partial charge in [0, 0.05) is 11.1 Å². The van der Waals surface area contributed by atoms with Crippen molar-refractivity contribution in [2.24, 2.45) is 0 Å². The predicted octanol–water partition coefficient (Wildman–Crippen LogP) is 6.27. The second-order valence-corrected chi connectivity index (χ2v) is 9.50. The number of hydrogen-bond donors (Lipinski definition) is 3. The number of aliphatic hydroxyl groups is 1. The van der Waals surface area contributed by atoms with Crippen molar-refractivity contribution in [1.82, 2.24) is 0 Å². The maximum atomic E-state index is 11.0. The topological polar surface area (TPSA) is 69.9 Å². The van der Waals surface area contributed by atoms with Crippen LogP contribution in [0.1, 0.15) is 90.3 Å². The third-order valence-electron chi connectivity index (χ3n) is 6.64. The van der Waals surface area contributed by atoms with Gasteiger partial charge >= 0.3 is 0 Å². The Morgan fingerprint density at radius 1 is 0.750 bits per heavy atom. The van der Waals surface area contributed by atoms with Gasteiger partial charge in [0.2, 0.25) is 0 Å². The average molecular weight is 433 g/mol. The van der Waals surface area contributed by atoms with Gasteiger partial charge in [-0.2, -0.15) is 0 Å². The van der Waals surface area contributed by atoms with Crippen LogP contribution in [-0.4, -0.2) is 15.3 Å². The first-order chi connectivity index (χ1) is 15.1. The molecular weight excluding hydrogens is 400 g/mol. The summed E-state index contributed by atoms with van der Waals surface area (Å²) in [7, 11) is 0. The Morgan fingerprint density at radius 2 is 1.22 bits per heavy atom. The molecule has 1 aliphatic heterocycles. The standard InChI is InChI=1S/C28H32O4/c1-15(2)20-13-23(17(5)11-25(20)29)28(22-10-8-7-9-19(22)27(31)32-28)24-14-21(16(3)4)26(30)12-18(24)6/h7-16,27,29-31H,1-6H3/t27-/m0/s1. The lowest BCUT2D eigenvalue weighted by atomic mass is 9.74. The number of aryl methyl sites for hydroxylation is 2.